The van der Waals surface area contributed by atoms with Crippen LogP contribution in [-0.2, 0) is 11.4 Å². The van der Waals surface area contributed by atoms with Gasteiger partial charge >= 0.3 is 5.97 Å². The maximum absolute atomic E-state index is 11.6. The Bertz CT molecular complexity index is 698. The molecule has 0 fully saturated rings. The Balaban J connectivity index is 1.94. The normalized spacial score (nSPS) is 10.3. The molecule has 0 aliphatic heterocycles. The fourth-order valence-electron chi connectivity index (χ4n) is 1.56. The van der Waals surface area contributed by atoms with Crippen LogP contribution in [0.2, 0.25) is 10.0 Å². The highest BCUT2D eigenvalue weighted by atomic mass is 35.5. The number of nitrogens with one attached hydrogen (secondary N) is 1. The number of hydrogen-bond acceptors (Lipinski definition) is 4. The van der Waals surface area contributed by atoms with Gasteiger partial charge < -0.3 is 19.6 Å². The second-order valence-corrected chi connectivity index (χ2v) is 5.05. The zero-order valence-corrected chi connectivity index (χ0v) is 12.6. The Morgan fingerprint density at radius 2 is 2.00 bits per heavy atom. The minimum atomic E-state index is -1.14. The number of benzene rings is 1. The summed E-state index contributed by atoms with van der Waals surface area (Å²) in [5, 5.41) is 11.5. The van der Waals surface area contributed by atoms with Crippen LogP contribution in [0.3, 0.4) is 0 Å². The number of amides is 1. The first-order valence-corrected chi connectivity index (χ1v) is 6.88. The molecule has 1 amide bonds. The molecule has 0 saturated heterocycles. The van der Waals surface area contributed by atoms with Gasteiger partial charge in [-0.25, -0.2) is 0 Å². The van der Waals surface area contributed by atoms with Gasteiger partial charge in [0.1, 0.15) is 24.7 Å². The zero-order chi connectivity index (χ0) is 16.1. The van der Waals surface area contributed by atoms with E-state index in [9.17, 15) is 9.59 Å². The van der Waals surface area contributed by atoms with Crippen LogP contribution in [0.25, 0.3) is 0 Å². The molecule has 2 aromatic rings. The van der Waals surface area contributed by atoms with Gasteiger partial charge in [0.25, 0.3) is 5.91 Å². The molecular weight excluding hydrogens is 333 g/mol. The van der Waals surface area contributed by atoms with E-state index >= 15 is 0 Å². The summed E-state index contributed by atoms with van der Waals surface area (Å²) in [5.74, 6) is -0.924. The molecule has 6 nitrogen and oxygen atoms in total. The fourth-order valence-corrected chi connectivity index (χ4v) is 2.02. The molecule has 2 rings (SSSR count). The van der Waals surface area contributed by atoms with Crippen molar-refractivity contribution >= 4 is 35.1 Å². The largest absolute Gasteiger partial charge is 0.484 e. The van der Waals surface area contributed by atoms with Gasteiger partial charge in [-0.05, 0) is 30.3 Å². The summed E-state index contributed by atoms with van der Waals surface area (Å²) in [6.07, 6.45) is 0. The van der Waals surface area contributed by atoms with E-state index in [2.05, 4.69) is 5.32 Å². The van der Waals surface area contributed by atoms with E-state index < -0.39 is 18.4 Å². The summed E-state index contributed by atoms with van der Waals surface area (Å²) in [7, 11) is 0. The smallest absolute Gasteiger partial charge is 0.322 e. The average molecular weight is 344 g/mol. The monoisotopic (exact) mass is 343 g/mol. The van der Waals surface area contributed by atoms with Crippen LogP contribution >= 0.6 is 23.2 Å². The van der Waals surface area contributed by atoms with Gasteiger partial charge in [0.05, 0.1) is 5.02 Å². The van der Waals surface area contributed by atoms with Gasteiger partial charge in [-0.3, -0.25) is 9.59 Å². The van der Waals surface area contributed by atoms with Crippen molar-refractivity contribution in [2.24, 2.45) is 0 Å². The van der Waals surface area contributed by atoms with Crippen molar-refractivity contribution in [1.82, 2.24) is 5.32 Å². The molecule has 2 N–H and O–H groups in total. The van der Waals surface area contributed by atoms with Gasteiger partial charge in [0.2, 0.25) is 0 Å². The molecule has 1 aromatic carbocycles. The number of ether oxygens (including phenoxy) is 1. The van der Waals surface area contributed by atoms with E-state index in [0.29, 0.717) is 21.6 Å². The Morgan fingerprint density at radius 3 is 2.68 bits per heavy atom. The third-order valence-corrected chi connectivity index (χ3v) is 3.08. The predicted molar refractivity (Wildman–Crippen MR) is 79.5 cm³/mol. The number of hydrogen-bond donors (Lipinski definition) is 2. The Labute approximate surface area is 135 Å². The van der Waals surface area contributed by atoms with Gasteiger partial charge in [-0.15, -0.1) is 0 Å². The third kappa shape index (κ3) is 4.41. The molecule has 1 aromatic heterocycles. The first-order valence-electron chi connectivity index (χ1n) is 6.12. The van der Waals surface area contributed by atoms with Crippen LogP contribution in [0.4, 0.5) is 0 Å². The summed E-state index contributed by atoms with van der Waals surface area (Å²) in [6.45, 7) is -0.417. The number of carboxylic acid groups (broad SMARTS) is 1. The maximum Gasteiger partial charge on any atom is 0.322 e. The summed E-state index contributed by atoms with van der Waals surface area (Å²) >= 11 is 11.7. The summed E-state index contributed by atoms with van der Waals surface area (Å²) < 4.78 is 10.7. The minimum absolute atomic E-state index is 0.00190. The van der Waals surface area contributed by atoms with Crippen LogP contribution in [0.5, 0.6) is 5.75 Å². The van der Waals surface area contributed by atoms with E-state index in [4.69, 9.17) is 37.5 Å². The van der Waals surface area contributed by atoms with Gasteiger partial charge in [0.15, 0.2) is 5.76 Å². The van der Waals surface area contributed by atoms with Gasteiger partial charge in [0, 0.05) is 5.02 Å². The Kier molecular flexibility index (Phi) is 5.30. The van der Waals surface area contributed by atoms with Crippen LogP contribution in [0.1, 0.15) is 16.3 Å². The summed E-state index contributed by atoms with van der Waals surface area (Å²) in [6, 6.07) is 7.79. The number of furan rings is 1. The molecule has 0 bridgehead atoms. The van der Waals surface area contributed by atoms with Crippen molar-refractivity contribution in [3.05, 3.63) is 51.9 Å². The molecule has 0 atom stereocenters. The lowest BCUT2D eigenvalue weighted by molar-refractivity contribution is -0.135. The lowest BCUT2D eigenvalue weighted by atomic mass is 10.3. The Hall–Kier alpha value is -2.18. The van der Waals surface area contributed by atoms with E-state index in [-0.39, 0.29) is 12.4 Å². The third-order valence-electron chi connectivity index (χ3n) is 2.55. The second kappa shape index (κ2) is 7.20. The van der Waals surface area contributed by atoms with Crippen LogP contribution in [0, 0.1) is 0 Å². The number of carbonyl (C=O) groups excluding carboxylic acids is 1. The molecule has 0 radical (unpaired) electrons. The topological polar surface area (TPSA) is 88.8 Å². The highest BCUT2D eigenvalue weighted by molar-refractivity contribution is 6.35. The molecule has 0 aliphatic carbocycles. The van der Waals surface area contributed by atoms with Crippen LogP contribution in [-0.4, -0.2) is 23.5 Å². The van der Waals surface area contributed by atoms with Crippen molar-refractivity contribution in [1.29, 1.82) is 0 Å². The lowest BCUT2D eigenvalue weighted by Crippen LogP contribution is -2.28. The van der Waals surface area contributed by atoms with Crippen molar-refractivity contribution in [3.8, 4) is 5.75 Å². The minimum Gasteiger partial charge on any atom is -0.484 e. The van der Waals surface area contributed by atoms with Crippen LogP contribution in [0.15, 0.2) is 34.7 Å². The van der Waals surface area contributed by atoms with Crippen molar-refractivity contribution in [3.63, 3.8) is 0 Å². The number of carbonyl (C=O) groups is 2. The summed E-state index contributed by atoms with van der Waals surface area (Å²) in [5.41, 5.74) is 0. The maximum atomic E-state index is 11.6. The molecule has 8 heteroatoms. The molecule has 0 unspecified atom stereocenters. The Morgan fingerprint density at radius 1 is 1.23 bits per heavy atom. The fraction of sp³-hybridized carbons (Fsp3) is 0.143. The molecule has 0 saturated carbocycles. The SMILES string of the molecule is O=C(O)CNC(=O)c1ccc(COc2ccc(Cl)cc2Cl)o1. The second-order valence-electron chi connectivity index (χ2n) is 4.21. The number of aliphatic carboxylic acids is 1. The highest BCUT2D eigenvalue weighted by Crippen LogP contribution is 2.28. The van der Waals surface area contributed by atoms with Crippen LogP contribution < -0.4 is 10.1 Å². The number of rotatable bonds is 6. The highest BCUT2D eigenvalue weighted by Gasteiger charge is 2.12. The first kappa shape index (κ1) is 16.2. The van der Waals surface area contributed by atoms with Crippen molar-refractivity contribution in [2.75, 3.05) is 6.54 Å². The molecule has 0 aliphatic rings. The van der Waals surface area contributed by atoms with E-state index in [1.807, 2.05) is 0 Å². The standard InChI is InChI=1S/C14H11Cl2NO5/c15-8-1-3-11(10(16)5-8)21-7-9-2-4-12(22-9)14(20)17-6-13(18)19/h1-5H,6-7H2,(H,17,20)(H,18,19). The lowest BCUT2D eigenvalue weighted by Gasteiger charge is -2.06. The number of carboxylic acids is 1. The molecule has 116 valence electrons. The molecule has 0 spiro atoms. The van der Waals surface area contributed by atoms with Crippen molar-refractivity contribution < 1.29 is 23.8 Å². The average Bonchev–Trinajstić information content (AvgIpc) is 2.92. The van der Waals surface area contributed by atoms with Crippen molar-refractivity contribution in [2.45, 2.75) is 6.61 Å². The summed E-state index contributed by atoms with van der Waals surface area (Å²) in [4.78, 5) is 22.0. The van der Waals surface area contributed by atoms with E-state index in [0.717, 1.165) is 0 Å². The molecule has 22 heavy (non-hydrogen) atoms. The number of halogens is 2. The van der Waals surface area contributed by atoms with Gasteiger partial charge in [-0.1, -0.05) is 23.2 Å². The van der Waals surface area contributed by atoms with E-state index in [1.54, 1.807) is 24.3 Å². The molecule has 1 heterocycles. The zero-order valence-electron chi connectivity index (χ0n) is 11.1. The predicted octanol–water partition coefficient (Wildman–Crippen LogP) is 2.98. The molecular formula is C14H11Cl2NO5. The van der Waals surface area contributed by atoms with Gasteiger partial charge in [-0.2, -0.15) is 0 Å². The first-order chi connectivity index (χ1) is 10.5. The van der Waals surface area contributed by atoms with E-state index in [1.165, 1.54) is 6.07 Å². The quantitative estimate of drug-likeness (QED) is 0.841.